The molecule has 0 aromatic carbocycles. The molecule has 0 spiro atoms. The van der Waals surface area contributed by atoms with Crippen molar-refractivity contribution in [2.24, 2.45) is 5.73 Å². The van der Waals surface area contributed by atoms with Crippen molar-refractivity contribution in [3.8, 4) is 0 Å². The molecule has 0 amide bonds. The standard InChI is InChI=1S/C10H19NO2/c1-2-3-4-5-9(11)8-10-12-6-7-13-10/h2,9-10H,1,3-8,11H2. The predicted octanol–water partition coefficient (Wildman–Crippen LogP) is 1.43. The zero-order chi connectivity index (χ0) is 9.52. The lowest BCUT2D eigenvalue weighted by Gasteiger charge is -2.14. The fourth-order valence-corrected chi connectivity index (χ4v) is 1.43. The molecule has 1 saturated heterocycles. The van der Waals surface area contributed by atoms with Crippen LogP contribution in [0, 0.1) is 0 Å². The van der Waals surface area contributed by atoms with Gasteiger partial charge in [-0.3, -0.25) is 0 Å². The van der Waals surface area contributed by atoms with Gasteiger partial charge in [0, 0.05) is 12.5 Å². The second-order valence-corrected chi connectivity index (χ2v) is 3.39. The molecule has 1 atom stereocenters. The quantitative estimate of drug-likeness (QED) is 0.503. The second kappa shape index (κ2) is 6.13. The molecule has 0 radical (unpaired) electrons. The van der Waals surface area contributed by atoms with Crippen LogP contribution in [0.1, 0.15) is 25.7 Å². The third-order valence-electron chi connectivity index (χ3n) is 2.17. The van der Waals surface area contributed by atoms with Gasteiger partial charge in [0.2, 0.25) is 0 Å². The van der Waals surface area contributed by atoms with Gasteiger partial charge in [0.15, 0.2) is 6.29 Å². The zero-order valence-electron chi connectivity index (χ0n) is 8.08. The highest BCUT2D eigenvalue weighted by atomic mass is 16.7. The van der Waals surface area contributed by atoms with Crippen LogP contribution in [-0.2, 0) is 9.47 Å². The van der Waals surface area contributed by atoms with Crippen LogP contribution < -0.4 is 5.73 Å². The molecular formula is C10H19NO2. The fraction of sp³-hybridized carbons (Fsp3) is 0.800. The Morgan fingerprint density at radius 3 is 2.77 bits per heavy atom. The Labute approximate surface area is 79.9 Å². The van der Waals surface area contributed by atoms with E-state index in [1.165, 1.54) is 0 Å². The molecule has 0 aromatic heterocycles. The van der Waals surface area contributed by atoms with Gasteiger partial charge in [0.25, 0.3) is 0 Å². The number of unbranched alkanes of at least 4 members (excludes halogenated alkanes) is 1. The first kappa shape index (κ1) is 10.7. The molecule has 1 fully saturated rings. The molecule has 0 aliphatic carbocycles. The van der Waals surface area contributed by atoms with Gasteiger partial charge in [0.1, 0.15) is 0 Å². The van der Waals surface area contributed by atoms with Gasteiger partial charge in [-0.25, -0.2) is 0 Å². The highest BCUT2D eigenvalue weighted by Crippen LogP contribution is 2.12. The van der Waals surface area contributed by atoms with Gasteiger partial charge in [-0.2, -0.15) is 0 Å². The van der Waals surface area contributed by atoms with Gasteiger partial charge in [0.05, 0.1) is 13.2 Å². The predicted molar refractivity (Wildman–Crippen MR) is 52.3 cm³/mol. The first-order chi connectivity index (χ1) is 6.33. The summed E-state index contributed by atoms with van der Waals surface area (Å²) in [5.74, 6) is 0. The summed E-state index contributed by atoms with van der Waals surface area (Å²) in [5, 5.41) is 0. The van der Waals surface area contributed by atoms with Crippen molar-refractivity contribution >= 4 is 0 Å². The van der Waals surface area contributed by atoms with Crippen LogP contribution in [0.25, 0.3) is 0 Å². The summed E-state index contributed by atoms with van der Waals surface area (Å²) in [7, 11) is 0. The minimum atomic E-state index is -0.0567. The maximum atomic E-state index is 5.90. The Balaban J connectivity index is 2.02. The largest absolute Gasteiger partial charge is 0.350 e. The number of allylic oxidation sites excluding steroid dienone is 1. The van der Waals surface area contributed by atoms with Crippen LogP contribution >= 0.6 is 0 Å². The Morgan fingerprint density at radius 1 is 1.46 bits per heavy atom. The molecule has 1 unspecified atom stereocenters. The number of ether oxygens (including phenoxy) is 2. The van der Waals surface area contributed by atoms with Crippen LogP contribution in [0.5, 0.6) is 0 Å². The van der Waals surface area contributed by atoms with E-state index in [2.05, 4.69) is 6.58 Å². The molecule has 3 heteroatoms. The Bertz CT molecular complexity index is 144. The van der Waals surface area contributed by atoms with Crippen molar-refractivity contribution in [3.63, 3.8) is 0 Å². The molecule has 1 heterocycles. The van der Waals surface area contributed by atoms with E-state index >= 15 is 0 Å². The molecule has 13 heavy (non-hydrogen) atoms. The van der Waals surface area contributed by atoms with Gasteiger partial charge in [-0.05, 0) is 19.3 Å². The van der Waals surface area contributed by atoms with Crippen LogP contribution in [0.2, 0.25) is 0 Å². The van der Waals surface area contributed by atoms with Crippen molar-refractivity contribution in [1.82, 2.24) is 0 Å². The van der Waals surface area contributed by atoms with Crippen molar-refractivity contribution in [3.05, 3.63) is 12.7 Å². The fourth-order valence-electron chi connectivity index (χ4n) is 1.43. The Kier molecular flexibility index (Phi) is 5.05. The van der Waals surface area contributed by atoms with Gasteiger partial charge < -0.3 is 15.2 Å². The van der Waals surface area contributed by atoms with E-state index in [-0.39, 0.29) is 12.3 Å². The first-order valence-corrected chi connectivity index (χ1v) is 4.92. The normalized spacial score (nSPS) is 20.4. The minimum Gasteiger partial charge on any atom is -0.350 e. The summed E-state index contributed by atoms with van der Waals surface area (Å²) < 4.78 is 10.6. The highest BCUT2D eigenvalue weighted by molar-refractivity contribution is 4.70. The number of rotatable bonds is 6. The molecular weight excluding hydrogens is 166 g/mol. The van der Waals surface area contributed by atoms with Crippen molar-refractivity contribution < 1.29 is 9.47 Å². The maximum absolute atomic E-state index is 5.90. The number of hydrogen-bond acceptors (Lipinski definition) is 3. The van der Waals surface area contributed by atoms with E-state index < -0.39 is 0 Å². The summed E-state index contributed by atoms with van der Waals surface area (Å²) in [6, 6.07) is 0.197. The third-order valence-corrected chi connectivity index (χ3v) is 2.17. The Hall–Kier alpha value is -0.380. The summed E-state index contributed by atoms with van der Waals surface area (Å²) in [6.45, 7) is 5.10. The SMILES string of the molecule is C=CCCCC(N)CC1OCCO1. The summed E-state index contributed by atoms with van der Waals surface area (Å²) in [4.78, 5) is 0. The van der Waals surface area contributed by atoms with Crippen LogP contribution in [0.3, 0.4) is 0 Å². The van der Waals surface area contributed by atoms with Crippen LogP contribution in [-0.4, -0.2) is 25.5 Å². The van der Waals surface area contributed by atoms with Crippen LogP contribution in [0.15, 0.2) is 12.7 Å². The molecule has 0 saturated carbocycles. The first-order valence-electron chi connectivity index (χ1n) is 4.92. The molecule has 1 rings (SSSR count). The topological polar surface area (TPSA) is 44.5 Å². The summed E-state index contributed by atoms with van der Waals surface area (Å²) in [5.41, 5.74) is 5.90. The summed E-state index contributed by atoms with van der Waals surface area (Å²) in [6.07, 6.45) is 5.86. The highest BCUT2D eigenvalue weighted by Gasteiger charge is 2.18. The van der Waals surface area contributed by atoms with E-state index in [4.69, 9.17) is 15.2 Å². The van der Waals surface area contributed by atoms with Crippen molar-refractivity contribution in [2.75, 3.05) is 13.2 Å². The van der Waals surface area contributed by atoms with Crippen molar-refractivity contribution in [2.45, 2.75) is 38.0 Å². The third kappa shape index (κ3) is 4.41. The van der Waals surface area contributed by atoms with Gasteiger partial charge >= 0.3 is 0 Å². The van der Waals surface area contributed by atoms with E-state index in [0.717, 1.165) is 25.7 Å². The second-order valence-electron chi connectivity index (χ2n) is 3.39. The lowest BCUT2D eigenvalue weighted by Crippen LogP contribution is -2.26. The van der Waals surface area contributed by atoms with Crippen molar-refractivity contribution in [1.29, 1.82) is 0 Å². The molecule has 76 valence electrons. The van der Waals surface area contributed by atoms with E-state index in [1.807, 2.05) is 6.08 Å². The molecule has 2 N–H and O–H groups in total. The molecule has 1 aliphatic heterocycles. The van der Waals surface area contributed by atoms with E-state index in [9.17, 15) is 0 Å². The zero-order valence-corrected chi connectivity index (χ0v) is 8.08. The minimum absolute atomic E-state index is 0.0567. The average Bonchev–Trinajstić information content (AvgIpc) is 2.57. The smallest absolute Gasteiger partial charge is 0.159 e. The van der Waals surface area contributed by atoms with E-state index in [1.54, 1.807) is 0 Å². The number of nitrogens with two attached hydrogens (primary N) is 1. The molecule has 0 bridgehead atoms. The Morgan fingerprint density at radius 2 is 2.15 bits per heavy atom. The molecule has 0 aromatic rings. The van der Waals surface area contributed by atoms with Gasteiger partial charge in [-0.1, -0.05) is 6.08 Å². The van der Waals surface area contributed by atoms with Gasteiger partial charge in [-0.15, -0.1) is 6.58 Å². The maximum Gasteiger partial charge on any atom is 0.159 e. The van der Waals surface area contributed by atoms with Crippen LogP contribution in [0.4, 0.5) is 0 Å². The number of hydrogen-bond donors (Lipinski definition) is 1. The lowest BCUT2D eigenvalue weighted by molar-refractivity contribution is -0.0509. The van der Waals surface area contributed by atoms with E-state index in [0.29, 0.717) is 13.2 Å². The molecule has 1 aliphatic rings. The summed E-state index contributed by atoms with van der Waals surface area (Å²) >= 11 is 0. The average molecular weight is 185 g/mol. The monoisotopic (exact) mass is 185 g/mol. The molecule has 3 nitrogen and oxygen atoms in total. The lowest BCUT2D eigenvalue weighted by atomic mass is 10.1.